The van der Waals surface area contributed by atoms with Crippen molar-refractivity contribution in [2.24, 2.45) is 5.41 Å². The van der Waals surface area contributed by atoms with Crippen LogP contribution in [0.5, 0.6) is 0 Å². The van der Waals surface area contributed by atoms with Gasteiger partial charge in [0.15, 0.2) is 11.6 Å². The molecule has 2 aromatic rings. The van der Waals surface area contributed by atoms with Crippen molar-refractivity contribution in [3.63, 3.8) is 0 Å². The predicted octanol–water partition coefficient (Wildman–Crippen LogP) is 10.9. The molecule has 1 heterocycles. The molecular formula is C28H19Cl4F8N. The molecule has 0 saturated heterocycles. The van der Waals surface area contributed by atoms with Crippen molar-refractivity contribution in [1.29, 1.82) is 0 Å². The summed E-state index contributed by atoms with van der Waals surface area (Å²) in [5, 5.41) is 0.668. The molecule has 1 N–H and O–H groups in total. The van der Waals surface area contributed by atoms with Crippen LogP contribution in [0.1, 0.15) is 35.8 Å². The van der Waals surface area contributed by atoms with Crippen LogP contribution < -0.4 is 5.32 Å². The molecule has 1 nitrogen and oxygen atoms in total. The second kappa shape index (κ2) is 11.8. The Morgan fingerprint density at radius 2 is 1.15 bits per heavy atom. The normalized spacial score (nSPS) is 21.1. The number of nitrogens with one attached hydrogen (secondary N) is 1. The molecule has 2 aromatic carbocycles. The highest BCUT2D eigenvalue weighted by Gasteiger charge is 2.42. The van der Waals surface area contributed by atoms with Crippen LogP contribution in [0.4, 0.5) is 35.1 Å². The molecular weight excluding hydrogens is 644 g/mol. The van der Waals surface area contributed by atoms with Crippen LogP contribution in [0, 0.1) is 17.0 Å². The first kappa shape index (κ1) is 31.7. The van der Waals surface area contributed by atoms with Gasteiger partial charge in [-0.2, -0.15) is 26.3 Å². The van der Waals surface area contributed by atoms with E-state index in [9.17, 15) is 35.1 Å². The predicted molar refractivity (Wildman–Crippen MR) is 145 cm³/mol. The Labute approximate surface area is 250 Å². The molecule has 0 aromatic heterocycles. The van der Waals surface area contributed by atoms with E-state index in [1.807, 2.05) is 0 Å². The molecule has 0 spiro atoms. The molecule has 0 fully saturated rings. The van der Waals surface area contributed by atoms with Crippen LogP contribution in [-0.2, 0) is 0 Å². The fourth-order valence-electron chi connectivity index (χ4n) is 4.80. The summed E-state index contributed by atoms with van der Waals surface area (Å²) in [5.74, 6) is -6.77. The molecule has 1 aliphatic heterocycles. The number of alkyl halides is 6. The summed E-state index contributed by atoms with van der Waals surface area (Å²) in [6.45, 7) is 0.564. The molecule has 0 radical (unpaired) electrons. The van der Waals surface area contributed by atoms with Crippen molar-refractivity contribution in [2.75, 3.05) is 6.54 Å². The lowest BCUT2D eigenvalue weighted by Crippen LogP contribution is -2.23. The molecule has 0 bridgehead atoms. The second-order valence-electron chi connectivity index (χ2n) is 9.67. The maximum absolute atomic E-state index is 14.2. The van der Waals surface area contributed by atoms with E-state index >= 15 is 0 Å². The molecule has 13 heteroatoms. The van der Waals surface area contributed by atoms with Gasteiger partial charge in [0.1, 0.15) is 0 Å². The Bertz CT molecular complexity index is 1320. The van der Waals surface area contributed by atoms with E-state index in [2.05, 4.69) is 5.32 Å². The van der Waals surface area contributed by atoms with Gasteiger partial charge in [-0.3, -0.25) is 0 Å². The zero-order valence-corrected chi connectivity index (χ0v) is 23.6. The number of hydrogen-bond acceptors (Lipinski definition) is 1. The Hall–Kier alpha value is -2.20. The largest absolute Gasteiger partial charge is 0.399 e. The zero-order valence-electron chi connectivity index (χ0n) is 20.6. The number of benzene rings is 2. The topological polar surface area (TPSA) is 12.0 Å². The van der Waals surface area contributed by atoms with Gasteiger partial charge in [-0.1, -0.05) is 76.8 Å². The molecule has 2 aliphatic rings. The molecule has 0 saturated carbocycles. The minimum absolute atomic E-state index is 0.0872. The van der Waals surface area contributed by atoms with Crippen LogP contribution in [0.3, 0.4) is 0 Å². The van der Waals surface area contributed by atoms with Gasteiger partial charge in [0.2, 0.25) is 0 Å². The highest BCUT2D eigenvalue weighted by molar-refractivity contribution is 6.35. The summed E-state index contributed by atoms with van der Waals surface area (Å²) in [7, 11) is 0. The van der Waals surface area contributed by atoms with E-state index in [4.69, 9.17) is 46.4 Å². The van der Waals surface area contributed by atoms with E-state index in [1.165, 1.54) is 6.08 Å². The van der Waals surface area contributed by atoms with Gasteiger partial charge in [0, 0.05) is 17.7 Å². The monoisotopic (exact) mass is 661 g/mol. The third-order valence-electron chi connectivity index (χ3n) is 6.84. The summed E-state index contributed by atoms with van der Waals surface area (Å²) in [6, 6.07) is 3.20. The van der Waals surface area contributed by atoms with Gasteiger partial charge in [-0.05, 0) is 59.9 Å². The van der Waals surface area contributed by atoms with Crippen molar-refractivity contribution in [3.05, 3.63) is 115 Å². The Balaban J connectivity index is 1.80. The van der Waals surface area contributed by atoms with Crippen LogP contribution >= 0.6 is 46.4 Å². The van der Waals surface area contributed by atoms with Crippen LogP contribution in [0.2, 0.25) is 20.1 Å². The summed E-state index contributed by atoms with van der Waals surface area (Å²) in [4.78, 5) is 0. The first-order chi connectivity index (χ1) is 19.0. The van der Waals surface area contributed by atoms with Gasteiger partial charge in [0.25, 0.3) is 0 Å². The molecule has 220 valence electrons. The van der Waals surface area contributed by atoms with Gasteiger partial charge in [-0.25, -0.2) is 8.78 Å². The molecule has 3 unspecified atom stereocenters. The Kier molecular flexibility index (Phi) is 9.15. The molecule has 3 atom stereocenters. The first-order valence-electron chi connectivity index (χ1n) is 12.0. The van der Waals surface area contributed by atoms with Crippen LogP contribution in [-0.4, -0.2) is 18.9 Å². The van der Waals surface area contributed by atoms with E-state index in [0.29, 0.717) is 13.0 Å². The van der Waals surface area contributed by atoms with Crippen molar-refractivity contribution < 1.29 is 35.1 Å². The van der Waals surface area contributed by atoms with Crippen molar-refractivity contribution in [1.82, 2.24) is 5.32 Å². The second-order valence-corrected chi connectivity index (χ2v) is 11.3. The van der Waals surface area contributed by atoms with E-state index in [1.54, 1.807) is 6.08 Å². The molecule has 0 amide bonds. The lowest BCUT2D eigenvalue weighted by atomic mass is 9.75. The first-order valence-corrected chi connectivity index (χ1v) is 13.5. The average molecular weight is 663 g/mol. The van der Waals surface area contributed by atoms with Crippen LogP contribution in [0.15, 0.2) is 72.0 Å². The SMILES string of the molecule is Fc1c(Cl)cc(C(C=CC2(/C=C/C(c3cc(Cl)c(F)c(Cl)c3)C(F)(F)F)C=CC3=C(CCN3)C2)C(F)(F)F)cc1Cl. The maximum atomic E-state index is 14.2. The zero-order chi connectivity index (χ0) is 30.3. The highest BCUT2D eigenvalue weighted by Crippen LogP contribution is 2.46. The standard InChI is InChI=1S/C28H19Cl4F8N/c29-19-9-15(10-20(30)24(19)33)17(27(35,36)37)1-5-26(7-3-23-14(13-26)4-8-41-23)6-2-18(28(38,39)40)16-11-21(31)25(34)22(32)12-16/h1-3,5-7,9-12,17-18,41H,4,8,13H2/b5-1+,6-2?. The lowest BCUT2D eigenvalue weighted by Gasteiger charge is -2.30. The Morgan fingerprint density at radius 3 is 1.54 bits per heavy atom. The third-order valence-corrected chi connectivity index (χ3v) is 7.94. The summed E-state index contributed by atoms with van der Waals surface area (Å²) >= 11 is 22.9. The summed E-state index contributed by atoms with van der Waals surface area (Å²) < 4.78 is 113. The van der Waals surface area contributed by atoms with Gasteiger partial charge >= 0.3 is 12.4 Å². The average Bonchev–Trinajstić information content (AvgIpc) is 3.32. The molecule has 4 rings (SSSR count). The number of rotatable bonds is 6. The van der Waals surface area contributed by atoms with Gasteiger partial charge < -0.3 is 5.32 Å². The fraction of sp³-hybridized carbons (Fsp3) is 0.286. The summed E-state index contributed by atoms with van der Waals surface area (Å²) in [5.41, 5.74) is -0.754. The van der Waals surface area contributed by atoms with E-state index in [0.717, 1.165) is 59.8 Å². The number of hydrogen-bond donors (Lipinski definition) is 1. The van der Waals surface area contributed by atoms with Gasteiger partial charge in [0.05, 0.1) is 31.9 Å². The smallest absolute Gasteiger partial charge is 0.385 e. The van der Waals surface area contributed by atoms with Crippen LogP contribution in [0.25, 0.3) is 0 Å². The van der Waals surface area contributed by atoms with Crippen molar-refractivity contribution in [3.8, 4) is 0 Å². The number of allylic oxidation sites excluding steroid dienone is 6. The highest BCUT2D eigenvalue weighted by atomic mass is 35.5. The third kappa shape index (κ3) is 7.07. The molecule has 1 aliphatic carbocycles. The van der Waals surface area contributed by atoms with Crippen molar-refractivity contribution in [2.45, 2.75) is 37.0 Å². The quantitative estimate of drug-likeness (QED) is 0.184. The Morgan fingerprint density at radius 1 is 0.732 bits per heavy atom. The summed E-state index contributed by atoms with van der Waals surface area (Å²) in [6.07, 6.45) is -2.14. The maximum Gasteiger partial charge on any atom is 0.399 e. The lowest BCUT2D eigenvalue weighted by molar-refractivity contribution is -0.140. The number of halogens is 12. The fourth-order valence-corrected chi connectivity index (χ4v) is 5.81. The van der Waals surface area contributed by atoms with E-state index < -0.39 is 72.5 Å². The van der Waals surface area contributed by atoms with E-state index in [-0.39, 0.29) is 6.42 Å². The van der Waals surface area contributed by atoms with Crippen molar-refractivity contribution >= 4 is 46.4 Å². The minimum atomic E-state index is -4.88. The molecule has 41 heavy (non-hydrogen) atoms. The van der Waals surface area contributed by atoms with Gasteiger partial charge in [-0.15, -0.1) is 0 Å². The minimum Gasteiger partial charge on any atom is -0.385 e.